The minimum Gasteiger partial charge on any atom is -0.386 e. The highest BCUT2D eigenvalue weighted by Gasteiger charge is 2.07. The number of nitriles is 1. The third kappa shape index (κ3) is 6.86. The van der Waals surface area contributed by atoms with E-state index in [2.05, 4.69) is 10.6 Å². The Morgan fingerprint density at radius 2 is 2.14 bits per heavy atom. The molecule has 0 atom stereocenters. The summed E-state index contributed by atoms with van der Waals surface area (Å²) >= 11 is 0. The lowest BCUT2D eigenvalue weighted by molar-refractivity contribution is -0.117. The molecule has 1 aromatic carbocycles. The lowest BCUT2D eigenvalue weighted by Crippen LogP contribution is -2.27. The van der Waals surface area contributed by atoms with E-state index >= 15 is 0 Å². The van der Waals surface area contributed by atoms with Gasteiger partial charge in [0.05, 0.1) is 0 Å². The van der Waals surface area contributed by atoms with Gasteiger partial charge < -0.3 is 15.4 Å². The number of amides is 1. The molecule has 0 heterocycles. The molecule has 5 nitrogen and oxygen atoms in total. The molecule has 22 heavy (non-hydrogen) atoms. The van der Waals surface area contributed by atoms with Gasteiger partial charge >= 0.3 is 0 Å². The number of ether oxygens (including phenoxy) is 1. The van der Waals surface area contributed by atoms with Crippen molar-refractivity contribution in [2.75, 3.05) is 19.8 Å². The molecule has 2 N–H and O–H groups in total. The minimum atomic E-state index is -0.425. The van der Waals surface area contributed by atoms with Crippen molar-refractivity contribution in [2.45, 2.75) is 19.9 Å². The average molecular weight is 305 g/mol. The lowest BCUT2D eigenvalue weighted by atomic mass is 10.2. The molecule has 0 fully saturated rings. The zero-order chi connectivity index (χ0) is 16.2. The van der Waals surface area contributed by atoms with Crippen LogP contribution in [0, 0.1) is 17.1 Å². The maximum absolute atomic E-state index is 12.8. The van der Waals surface area contributed by atoms with Crippen LogP contribution in [0.2, 0.25) is 0 Å². The summed E-state index contributed by atoms with van der Waals surface area (Å²) in [4.78, 5) is 11.8. The van der Waals surface area contributed by atoms with Gasteiger partial charge in [0.15, 0.2) is 0 Å². The van der Waals surface area contributed by atoms with Crippen LogP contribution in [0.1, 0.15) is 18.9 Å². The second-order valence-corrected chi connectivity index (χ2v) is 4.48. The summed E-state index contributed by atoms with van der Waals surface area (Å²) in [6.07, 6.45) is 2.06. The average Bonchev–Trinajstić information content (AvgIpc) is 2.53. The van der Waals surface area contributed by atoms with Crippen LogP contribution < -0.4 is 10.6 Å². The normalized spacial score (nSPS) is 10.9. The molecule has 0 saturated carbocycles. The van der Waals surface area contributed by atoms with Gasteiger partial charge in [-0.2, -0.15) is 5.26 Å². The van der Waals surface area contributed by atoms with E-state index in [4.69, 9.17) is 10.00 Å². The fourth-order valence-corrected chi connectivity index (χ4v) is 1.64. The van der Waals surface area contributed by atoms with Gasteiger partial charge in [0.25, 0.3) is 5.91 Å². The predicted molar refractivity (Wildman–Crippen MR) is 81.1 cm³/mol. The van der Waals surface area contributed by atoms with Gasteiger partial charge in [0.1, 0.15) is 17.5 Å². The topological polar surface area (TPSA) is 74.1 Å². The monoisotopic (exact) mass is 305 g/mol. The summed E-state index contributed by atoms with van der Waals surface area (Å²) in [6.45, 7) is 3.98. The summed E-state index contributed by atoms with van der Waals surface area (Å²) in [7, 11) is 0. The highest BCUT2D eigenvalue weighted by Crippen LogP contribution is 2.02. The summed E-state index contributed by atoms with van der Waals surface area (Å²) in [5, 5.41) is 14.5. The van der Waals surface area contributed by atoms with Crippen molar-refractivity contribution in [2.24, 2.45) is 0 Å². The molecule has 0 bridgehead atoms. The molecule has 0 radical (unpaired) electrons. The van der Waals surface area contributed by atoms with E-state index in [0.29, 0.717) is 32.7 Å². The quantitative estimate of drug-likeness (QED) is 0.415. The fourth-order valence-electron chi connectivity index (χ4n) is 1.64. The van der Waals surface area contributed by atoms with Gasteiger partial charge in [0.2, 0.25) is 0 Å². The summed E-state index contributed by atoms with van der Waals surface area (Å²) in [6, 6.07) is 7.83. The number of carbonyl (C=O) groups excluding carboxylic acids is 1. The Morgan fingerprint density at radius 3 is 2.77 bits per heavy atom. The fraction of sp³-hybridized carbons (Fsp3) is 0.375. The molecule has 0 aromatic heterocycles. The number of carbonyl (C=O) groups is 1. The molecule has 118 valence electrons. The Balaban J connectivity index is 2.37. The summed E-state index contributed by atoms with van der Waals surface area (Å²) < 4.78 is 17.9. The zero-order valence-corrected chi connectivity index (χ0v) is 12.6. The molecule has 0 aliphatic rings. The molecule has 0 spiro atoms. The Labute approximate surface area is 129 Å². The van der Waals surface area contributed by atoms with E-state index in [-0.39, 0.29) is 11.4 Å². The molecule has 1 aromatic rings. The molecule has 0 unspecified atom stereocenters. The molecular weight excluding hydrogens is 285 g/mol. The Bertz CT molecular complexity index is 535. The van der Waals surface area contributed by atoms with E-state index < -0.39 is 5.91 Å². The maximum Gasteiger partial charge on any atom is 0.263 e. The number of hydrogen-bond donors (Lipinski definition) is 2. The van der Waals surface area contributed by atoms with Gasteiger partial charge in [-0.25, -0.2) is 4.39 Å². The molecule has 0 saturated heterocycles. The van der Waals surface area contributed by atoms with Gasteiger partial charge in [-0.1, -0.05) is 12.1 Å². The largest absolute Gasteiger partial charge is 0.386 e. The number of nitrogens with one attached hydrogen (secondary N) is 2. The highest BCUT2D eigenvalue weighted by molar-refractivity contribution is 5.97. The maximum atomic E-state index is 12.8. The number of hydrogen-bond acceptors (Lipinski definition) is 4. The lowest BCUT2D eigenvalue weighted by Gasteiger charge is -2.05. The Morgan fingerprint density at radius 1 is 1.41 bits per heavy atom. The van der Waals surface area contributed by atoms with E-state index in [9.17, 15) is 9.18 Å². The second-order valence-electron chi connectivity index (χ2n) is 4.48. The van der Waals surface area contributed by atoms with Gasteiger partial charge in [-0.05, 0) is 31.0 Å². The SMILES string of the molecule is CCOCCCNC(=O)/C(C#N)=C\NCc1ccc(F)cc1. The smallest absolute Gasteiger partial charge is 0.263 e. The first kappa shape index (κ1) is 17.7. The molecule has 1 rings (SSSR count). The number of halogens is 1. The van der Waals surface area contributed by atoms with E-state index in [1.54, 1.807) is 12.1 Å². The molecule has 0 aliphatic heterocycles. The van der Waals surface area contributed by atoms with Crippen LogP contribution in [0.5, 0.6) is 0 Å². The number of nitrogens with zero attached hydrogens (tertiary/aromatic N) is 1. The first-order chi connectivity index (χ1) is 10.7. The van der Waals surface area contributed by atoms with Crippen LogP contribution in [0.15, 0.2) is 36.0 Å². The van der Waals surface area contributed by atoms with Crippen LogP contribution in [-0.4, -0.2) is 25.7 Å². The first-order valence-corrected chi connectivity index (χ1v) is 7.11. The van der Waals surface area contributed by atoms with Crippen molar-refractivity contribution >= 4 is 5.91 Å². The molecule has 1 amide bonds. The zero-order valence-electron chi connectivity index (χ0n) is 12.6. The van der Waals surface area contributed by atoms with E-state index in [0.717, 1.165) is 5.56 Å². The first-order valence-electron chi connectivity index (χ1n) is 7.11. The molecule has 6 heteroatoms. The summed E-state index contributed by atoms with van der Waals surface area (Å²) in [5.41, 5.74) is 0.852. The Kier molecular flexibility index (Phi) is 8.31. The Hall–Kier alpha value is -2.39. The van der Waals surface area contributed by atoms with Crippen molar-refractivity contribution in [3.63, 3.8) is 0 Å². The third-order valence-corrected chi connectivity index (χ3v) is 2.79. The van der Waals surface area contributed by atoms with Gasteiger partial charge in [-0.3, -0.25) is 4.79 Å². The third-order valence-electron chi connectivity index (χ3n) is 2.79. The second kappa shape index (κ2) is 10.4. The summed E-state index contributed by atoms with van der Waals surface area (Å²) in [5.74, 6) is -0.728. The predicted octanol–water partition coefficient (Wildman–Crippen LogP) is 1.87. The number of benzene rings is 1. The van der Waals surface area contributed by atoms with Crippen LogP contribution in [-0.2, 0) is 16.1 Å². The van der Waals surface area contributed by atoms with Crippen LogP contribution >= 0.6 is 0 Å². The van der Waals surface area contributed by atoms with Crippen molar-refractivity contribution in [1.29, 1.82) is 5.26 Å². The molecular formula is C16H20FN3O2. The van der Waals surface area contributed by atoms with Gasteiger partial charge in [0, 0.05) is 32.5 Å². The van der Waals surface area contributed by atoms with Crippen molar-refractivity contribution < 1.29 is 13.9 Å². The van der Waals surface area contributed by atoms with Crippen molar-refractivity contribution in [3.8, 4) is 6.07 Å². The van der Waals surface area contributed by atoms with Crippen molar-refractivity contribution in [3.05, 3.63) is 47.4 Å². The van der Waals surface area contributed by atoms with Crippen molar-refractivity contribution in [1.82, 2.24) is 10.6 Å². The molecule has 0 aliphatic carbocycles. The van der Waals surface area contributed by atoms with Crippen LogP contribution in [0.3, 0.4) is 0 Å². The van der Waals surface area contributed by atoms with Gasteiger partial charge in [-0.15, -0.1) is 0 Å². The van der Waals surface area contributed by atoms with Crippen LogP contribution in [0.25, 0.3) is 0 Å². The van der Waals surface area contributed by atoms with E-state index in [1.165, 1.54) is 18.3 Å². The standard InChI is InChI=1S/C16H20FN3O2/c1-2-22-9-3-8-20-16(21)14(10-18)12-19-11-13-4-6-15(17)7-5-13/h4-7,12,19H,2-3,8-9,11H2,1H3,(H,20,21)/b14-12-. The van der Waals surface area contributed by atoms with Crippen LogP contribution in [0.4, 0.5) is 4.39 Å². The van der Waals surface area contributed by atoms with E-state index in [1.807, 2.05) is 13.0 Å². The highest BCUT2D eigenvalue weighted by atomic mass is 19.1. The number of rotatable bonds is 9. The minimum absolute atomic E-state index is 0.00137.